The summed E-state index contributed by atoms with van der Waals surface area (Å²) >= 11 is 0. The van der Waals surface area contributed by atoms with Crippen molar-refractivity contribution in [1.82, 2.24) is 0 Å². The second-order valence-electron chi connectivity index (χ2n) is 7.05. The molecule has 9 heteroatoms. The number of rotatable bonds is 11. The van der Waals surface area contributed by atoms with Crippen LogP contribution in [0.2, 0.25) is 25.7 Å². The van der Waals surface area contributed by atoms with Gasteiger partial charge in [0.25, 0.3) is 11.5 Å². The molecule has 0 spiro atoms. The lowest BCUT2D eigenvalue weighted by Crippen LogP contribution is -2.22. The summed E-state index contributed by atoms with van der Waals surface area (Å²) in [4.78, 5) is 34.2. The summed E-state index contributed by atoms with van der Waals surface area (Å²) in [6.45, 7) is 10.8. The highest BCUT2D eigenvalue weighted by molar-refractivity contribution is 6.76. The van der Waals surface area contributed by atoms with Crippen LogP contribution in [0.4, 0.5) is 5.69 Å². The summed E-state index contributed by atoms with van der Waals surface area (Å²) in [7, 11) is -0.150. The fourth-order valence-corrected chi connectivity index (χ4v) is 2.94. The molecule has 0 bridgehead atoms. The molecule has 0 aliphatic rings. The first kappa shape index (κ1) is 22.7. The quantitative estimate of drug-likeness (QED) is 0.0828. The van der Waals surface area contributed by atoms with Crippen LogP contribution in [0.15, 0.2) is 24.8 Å². The predicted octanol–water partition coefficient (Wildman–Crippen LogP) is 3.18. The molecule has 0 N–H and O–H groups in total. The van der Waals surface area contributed by atoms with Gasteiger partial charge in [-0.2, -0.15) is 0 Å². The fraction of sp³-hybridized carbons (Fsp3) is 0.444. The van der Waals surface area contributed by atoms with E-state index in [-0.39, 0.29) is 30.2 Å². The molecule has 0 amide bonds. The van der Waals surface area contributed by atoms with E-state index in [1.54, 1.807) is 6.07 Å². The van der Waals surface area contributed by atoms with Crippen LogP contribution in [-0.2, 0) is 30.4 Å². The number of nitrogens with zero attached hydrogens (tertiary/aromatic N) is 1. The number of carbonyl (C=O) groups is 2. The monoisotopic (exact) mass is 395 g/mol. The van der Waals surface area contributed by atoms with Crippen LogP contribution in [0.1, 0.15) is 11.1 Å². The zero-order valence-electron chi connectivity index (χ0n) is 16.1. The van der Waals surface area contributed by atoms with Gasteiger partial charge in [-0.05, 0) is 11.6 Å². The molecule has 0 radical (unpaired) electrons. The average Bonchev–Trinajstić information content (AvgIpc) is 2.61. The molecule has 8 nitrogen and oxygen atoms in total. The standard InChI is InChI=1S/C18H25NO7Si/c1-13(17(20)18(21)24-2)16-14(7-6-8-15(16)19(22)23)11-26-12-25-9-10-27(3,4)5/h6-8H,1,9-12H2,2-5H3. The first-order chi connectivity index (χ1) is 12.6. The van der Waals surface area contributed by atoms with Gasteiger partial charge in [0.05, 0.1) is 24.2 Å². The van der Waals surface area contributed by atoms with Gasteiger partial charge >= 0.3 is 5.97 Å². The van der Waals surface area contributed by atoms with Crippen molar-refractivity contribution in [2.24, 2.45) is 0 Å². The van der Waals surface area contributed by atoms with E-state index in [1.165, 1.54) is 12.1 Å². The summed E-state index contributed by atoms with van der Waals surface area (Å²) in [6, 6.07) is 5.27. The van der Waals surface area contributed by atoms with Crippen molar-refractivity contribution < 1.29 is 28.7 Å². The Labute approximate surface area is 159 Å². The first-order valence-electron chi connectivity index (χ1n) is 8.32. The molecule has 1 aromatic carbocycles. The maximum Gasteiger partial charge on any atom is 0.379 e. The van der Waals surface area contributed by atoms with Gasteiger partial charge in [0.15, 0.2) is 0 Å². The second kappa shape index (κ2) is 10.1. The molecule has 1 rings (SSSR count). The average molecular weight is 395 g/mol. The number of hydrogen-bond donors (Lipinski definition) is 0. The van der Waals surface area contributed by atoms with Crippen molar-refractivity contribution in [1.29, 1.82) is 0 Å². The zero-order chi connectivity index (χ0) is 20.6. The third-order valence-electron chi connectivity index (χ3n) is 3.69. The van der Waals surface area contributed by atoms with E-state index in [4.69, 9.17) is 9.47 Å². The van der Waals surface area contributed by atoms with Gasteiger partial charge in [0, 0.05) is 26.3 Å². The Morgan fingerprint density at radius 3 is 2.44 bits per heavy atom. The Bertz CT molecular complexity index is 725. The zero-order valence-corrected chi connectivity index (χ0v) is 17.1. The van der Waals surface area contributed by atoms with E-state index in [1.807, 2.05) is 0 Å². The number of Topliss-reactive ketones (excluding diaryl/α,β-unsaturated/α-hetero) is 1. The number of esters is 1. The highest BCUT2D eigenvalue weighted by Gasteiger charge is 2.28. The van der Waals surface area contributed by atoms with Gasteiger partial charge in [-0.1, -0.05) is 38.4 Å². The van der Waals surface area contributed by atoms with Crippen molar-refractivity contribution in [3.8, 4) is 0 Å². The predicted molar refractivity (Wildman–Crippen MR) is 103 cm³/mol. The molecule has 0 aliphatic heterocycles. The molecule has 0 saturated carbocycles. The number of carbonyl (C=O) groups excluding carboxylic acids is 2. The maximum atomic E-state index is 12.1. The maximum absolute atomic E-state index is 12.1. The topological polar surface area (TPSA) is 105 Å². The number of hydrogen-bond acceptors (Lipinski definition) is 7. The second-order valence-corrected chi connectivity index (χ2v) is 12.7. The molecular weight excluding hydrogens is 370 g/mol. The van der Waals surface area contributed by atoms with E-state index in [9.17, 15) is 19.7 Å². The van der Waals surface area contributed by atoms with Crippen LogP contribution < -0.4 is 0 Å². The molecule has 0 aromatic heterocycles. The smallest absolute Gasteiger partial charge is 0.379 e. The van der Waals surface area contributed by atoms with Crippen LogP contribution in [0.5, 0.6) is 0 Å². The number of nitro benzene ring substituents is 1. The minimum Gasteiger partial charge on any atom is -0.463 e. The Kier molecular flexibility index (Phi) is 8.48. The van der Waals surface area contributed by atoms with Crippen molar-refractivity contribution in [3.63, 3.8) is 0 Å². The van der Waals surface area contributed by atoms with E-state index in [2.05, 4.69) is 31.0 Å². The van der Waals surface area contributed by atoms with E-state index >= 15 is 0 Å². The number of methoxy groups -OCH3 is 1. The Morgan fingerprint density at radius 1 is 1.22 bits per heavy atom. The molecule has 1 aromatic rings. The highest BCUT2D eigenvalue weighted by atomic mass is 28.3. The summed E-state index contributed by atoms with van der Waals surface area (Å²) in [5.41, 5.74) is -0.328. The third-order valence-corrected chi connectivity index (χ3v) is 5.40. The van der Waals surface area contributed by atoms with Gasteiger partial charge in [0.1, 0.15) is 6.79 Å². The molecule has 0 fully saturated rings. The number of ketones is 1. The molecule has 27 heavy (non-hydrogen) atoms. The number of ether oxygens (including phenoxy) is 3. The molecular formula is C18H25NO7Si. The van der Waals surface area contributed by atoms with Gasteiger partial charge < -0.3 is 14.2 Å². The summed E-state index contributed by atoms with van der Waals surface area (Å²) in [5.74, 6) is -2.18. The van der Waals surface area contributed by atoms with E-state index in [0.29, 0.717) is 12.2 Å². The fourth-order valence-electron chi connectivity index (χ4n) is 2.18. The minimum absolute atomic E-state index is 0.0179. The molecule has 0 saturated heterocycles. The van der Waals surface area contributed by atoms with Gasteiger partial charge in [-0.15, -0.1) is 0 Å². The third kappa shape index (κ3) is 7.04. The largest absolute Gasteiger partial charge is 0.463 e. The van der Waals surface area contributed by atoms with Crippen LogP contribution in [-0.4, -0.2) is 45.3 Å². The molecule has 0 heterocycles. The van der Waals surface area contributed by atoms with Crippen molar-refractivity contribution in [2.75, 3.05) is 20.5 Å². The first-order valence-corrected chi connectivity index (χ1v) is 12.0. The van der Waals surface area contributed by atoms with Crippen molar-refractivity contribution in [3.05, 3.63) is 46.0 Å². The SMILES string of the molecule is C=C(C(=O)C(=O)OC)c1c(COCOCC[Si](C)(C)C)cccc1[N+](=O)[O-]. The summed E-state index contributed by atoms with van der Waals surface area (Å²) in [5, 5.41) is 11.3. The molecule has 0 atom stereocenters. The lowest BCUT2D eigenvalue weighted by atomic mass is 9.96. The van der Waals surface area contributed by atoms with Gasteiger partial charge in [-0.3, -0.25) is 14.9 Å². The highest BCUT2D eigenvalue weighted by Crippen LogP contribution is 2.30. The summed E-state index contributed by atoms with van der Waals surface area (Å²) in [6.07, 6.45) is 0. The molecule has 148 valence electrons. The Morgan fingerprint density at radius 2 is 1.89 bits per heavy atom. The van der Waals surface area contributed by atoms with Crippen molar-refractivity contribution >= 4 is 31.1 Å². The van der Waals surface area contributed by atoms with E-state index < -0.39 is 24.7 Å². The summed E-state index contributed by atoms with van der Waals surface area (Å²) < 4.78 is 15.2. The number of benzene rings is 1. The van der Waals surface area contributed by atoms with Gasteiger partial charge in [0.2, 0.25) is 0 Å². The molecule has 0 unspecified atom stereocenters. The Balaban J connectivity index is 2.89. The normalized spacial score (nSPS) is 11.1. The van der Waals surface area contributed by atoms with Crippen LogP contribution in [0.25, 0.3) is 5.57 Å². The Hall–Kier alpha value is -2.36. The van der Waals surface area contributed by atoms with Crippen molar-refractivity contribution in [2.45, 2.75) is 32.3 Å². The van der Waals surface area contributed by atoms with Crippen LogP contribution >= 0.6 is 0 Å². The lowest BCUT2D eigenvalue weighted by Gasteiger charge is -2.15. The lowest BCUT2D eigenvalue weighted by molar-refractivity contribution is -0.385. The number of nitro groups is 1. The molecule has 0 aliphatic carbocycles. The van der Waals surface area contributed by atoms with Crippen LogP contribution in [0, 0.1) is 10.1 Å². The van der Waals surface area contributed by atoms with Gasteiger partial charge in [-0.25, -0.2) is 4.79 Å². The van der Waals surface area contributed by atoms with E-state index in [0.717, 1.165) is 13.2 Å². The minimum atomic E-state index is -1.20. The van der Waals surface area contributed by atoms with Crippen LogP contribution in [0.3, 0.4) is 0 Å².